The van der Waals surface area contributed by atoms with Crippen molar-refractivity contribution in [1.29, 1.82) is 0 Å². The maximum atomic E-state index is 13.1. The van der Waals surface area contributed by atoms with Crippen LogP contribution in [0.5, 0.6) is 0 Å². The highest BCUT2D eigenvalue weighted by Gasteiger charge is 2.33. The number of amides is 3. The molecule has 186 valence electrons. The Bertz CT molecular complexity index is 636. The van der Waals surface area contributed by atoms with Gasteiger partial charge in [-0.25, -0.2) is 4.79 Å². The molecule has 5 atom stereocenters. The van der Waals surface area contributed by atoms with Gasteiger partial charge in [0.15, 0.2) is 0 Å². The Balaban J connectivity index is 5.54. The third-order valence-electron chi connectivity index (χ3n) is 5.43. The fourth-order valence-corrected chi connectivity index (χ4v) is 3.31. The lowest BCUT2D eigenvalue weighted by atomic mass is 9.95. The van der Waals surface area contributed by atoms with Gasteiger partial charge in [0.2, 0.25) is 17.7 Å². The molecule has 0 spiro atoms. The first kappa shape index (κ1) is 29.8. The largest absolute Gasteiger partial charge is 0.480 e. The SMILES string of the molecule is CCC(C)C(NC(=O)C(N)CC(C)C)C(=O)NC(CC(C)C)C(=O)NC(C(=O)O)C(C)C. The molecule has 0 saturated heterocycles. The highest BCUT2D eigenvalue weighted by Crippen LogP contribution is 2.13. The summed E-state index contributed by atoms with van der Waals surface area (Å²) < 4.78 is 0. The van der Waals surface area contributed by atoms with Crippen molar-refractivity contribution >= 4 is 23.7 Å². The maximum Gasteiger partial charge on any atom is 0.326 e. The van der Waals surface area contributed by atoms with E-state index in [2.05, 4.69) is 16.0 Å². The van der Waals surface area contributed by atoms with Gasteiger partial charge in [0.25, 0.3) is 0 Å². The highest BCUT2D eigenvalue weighted by molar-refractivity contribution is 5.94. The minimum absolute atomic E-state index is 0.0736. The number of hydrogen-bond donors (Lipinski definition) is 5. The Morgan fingerprint density at radius 3 is 1.66 bits per heavy atom. The van der Waals surface area contributed by atoms with E-state index in [1.807, 2.05) is 41.5 Å². The van der Waals surface area contributed by atoms with Crippen LogP contribution in [0.15, 0.2) is 0 Å². The van der Waals surface area contributed by atoms with Gasteiger partial charge >= 0.3 is 5.97 Å². The summed E-state index contributed by atoms with van der Waals surface area (Å²) in [4.78, 5) is 50.0. The summed E-state index contributed by atoms with van der Waals surface area (Å²) >= 11 is 0. The molecular formula is C23H44N4O5. The van der Waals surface area contributed by atoms with E-state index >= 15 is 0 Å². The van der Waals surface area contributed by atoms with Crippen molar-refractivity contribution in [2.45, 2.75) is 98.8 Å². The van der Waals surface area contributed by atoms with E-state index < -0.39 is 47.9 Å². The summed E-state index contributed by atoms with van der Waals surface area (Å²) in [6.45, 7) is 14.9. The maximum absolute atomic E-state index is 13.1. The number of carboxylic acids is 1. The van der Waals surface area contributed by atoms with Gasteiger partial charge in [-0.05, 0) is 36.5 Å². The van der Waals surface area contributed by atoms with Crippen LogP contribution in [0.4, 0.5) is 0 Å². The van der Waals surface area contributed by atoms with Crippen molar-refractivity contribution < 1.29 is 24.3 Å². The van der Waals surface area contributed by atoms with Crippen LogP contribution >= 0.6 is 0 Å². The molecule has 0 aliphatic carbocycles. The van der Waals surface area contributed by atoms with E-state index in [0.717, 1.165) is 0 Å². The number of rotatable bonds is 14. The zero-order valence-corrected chi connectivity index (χ0v) is 20.9. The Kier molecular flexibility index (Phi) is 13.1. The topological polar surface area (TPSA) is 151 Å². The van der Waals surface area contributed by atoms with Crippen molar-refractivity contribution in [2.75, 3.05) is 0 Å². The Hall–Kier alpha value is -2.16. The first-order valence-electron chi connectivity index (χ1n) is 11.6. The van der Waals surface area contributed by atoms with Gasteiger partial charge in [-0.15, -0.1) is 0 Å². The second-order valence-corrected chi connectivity index (χ2v) is 9.87. The van der Waals surface area contributed by atoms with Gasteiger partial charge in [0, 0.05) is 0 Å². The van der Waals surface area contributed by atoms with Gasteiger partial charge in [-0.2, -0.15) is 0 Å². The summed E-state index contributed by atoms with van der Waals surface area (Å²) in [5.74, 6) is -2.78. The molecule has 0 fully saturated rings. The minimum Gasteiger partial charge on any atom is -0.480 e. The average molecular weight is 457 g/mol. The zero-order chi connectivity index (χ0) is 25.2. The van der Waals surface area contributed by atoms with Crippen molar-refractivity contribution in [3.63, 3.8) is 0 Å². The van der Waals surface area contributed by atoms with Crippen LogP contribution in [0.3, 0.4) is 0 Å². The van der Waals surface area contributed by atoms with Crippen LogP contribution in [0, 0.1) is 23.7 Å². The fourth-order valence-electron chi connectivity index (χ4n) is 3.31. The summed E-state index contributed by atoms with van der Waals surface area (Å²) in [5.41, 5.74) is 5.97. The number of nitrogens with two attached hydrogens (primary N) is 1. The molecule has 0 aliphatic heterocycles. The van der Waals surface area contributed by atoms with Crippen molar-refractivity contribution in [3.05, 3.63) is 0 Å². The summed E-state index contributed by atoms with van der Waals surface area (Å²) in [5, 5.41) is 17.4. The third-order valence-corrected chi connectivity index (χ3v) is 5.43. The molecule has 32 heavy (non-hydrogen) atoms. The lowest BCUT2D eigenvalue weighted by Gasteiger charge is -2.29. The molecule has 5 unspecified atom stereocenters. The molecule has 0 aliphatic rings. The van der Waals surface area contributed by atoms with Gasteiger partial charge in [-0.1, -0.05) is 61.8 Å². The molecular weight excluding hydrogens is 412 g/mol. The Morgan fingerprint density at radius 2 is 1.25 bits per heavy atom. The van der Waals surface area contributed by atoms with E-state index in [1.54, 1.807) is 13.8 Å². The second-order valence-electron chi connectivity index (χ2n) is 9.87. The van der Waals surface area contributed by atoms with Crippen LogP contribution < -0.4 is 21.7 Å². The molecule has 9 nitrogen and oxygen atoms in total. The van der Waals surface area contributed by atoms with Crippen molar-refractivity contribution in [3.8, 4) is 0 Å². The molecule has 0 heterocycles. The van der Waals surface area contributed by atoms with E-state index in [4.69, 9.17) is 5.73 Å². The van der Waals surface area contributed by atoms with E-state index in [-0.39, 0.29) is 23.7 Å². The van der Waals surface area contributed by atoms with Crippen LogP contribution in [0.25, 0.3) is 0 Å². The quantitative estimate of drug-likeness (QED) is 0.268. The smallest absolute Gasteiger partial charge is 0.326 e. The number of aliphatic carboxylic acids is 1. The molecule has 0 bridgehead atoms. The zero-order valence-electron chi connectivity index (χ0n) is 20.9. The Morgan fingerprint density at radius 1 is 0.750 bits per heavy atom. The highest BCUT2D eigenvalue weighted by atomic mass is 16.4. The molecule has 0 aromatic carbocycles. The number of carboxylic acid groups (broad SMARTS) is 1. The summed E-state index contributed by atoms with van der Waals surface area (Å²) in [6, 6.07) is -3.57. The lowest BCUT2D eigenvalue weighted by molar-refractivity contribution is -0.143. The van der Waals surface area contributed by atoms with Gasteiger partial charge in [-0.3, -0.25) is 14.4 Å². The van der Waals surface area contributed by atoms with Crippen LogP contribution in [-0.4, -0.2) is 53.0 Å². The van der Waals surface area contributed by atoms with Crippen LogP contribution in [0.2, 0.25) is 0 Å². The standard InChI is InChI=1S/C23H44N4O5/c1-9-15(8)19(27-20(28)16(24)10-12(2)3)22(30)25-17(11-13(4)5)21(29)26-18(14(6)7)23(31)32/h12-19H,9-11,24H2,1-8H3,(H,25,30)(H,26,29)(H,27,28)(H,31,32). The monoisotopic (exact) mass is 456 g/mol. The molecule has 9 heteroatoms. The molecule has 0 rings (SSSR count). The molecule has 0 aromatic heterocycles. The average Bonchev–Trinajstić information content (AvgIpc) is 2.66. The number of hydrogen-bond acceptors (Lipinski definition) is 5. The number of carbonyl (C=O) groups excluding carboxylic acids is 3. The predicted molar refractivity (Wildman–Crippen MR) is 125 cm³/mol. The van der Waals surface area contributed by atoms with Crippen LogP contribution in [-0.2, 0) is 19.2 Å². The predicted octanol–water partition coefficient (Wildman–Crippen LogP) is 1.65. The van der Waals surface area contributed by atoms with E-state index in [0.29, 0.717) is 19.3 Å². The third kappa shape index (κ3) is 10.4. The number of nitrogens with one attached hydrogen (secondary N) is 3. The Labute approximate surface area is 192 Å². The molecule has 6 N–H and O–H groups in total. The van der Waals surface area contributed by atoms with Crippen molar-refractivity contribution in [1.82, 2.24) is 16.0 Å². The lowest BCUT2D eigenvalue weighted by Crippen LogP contribution is -2.59. The summed E-state index contributed by atoms with van der Waals surface area (Å²) in [6.07, 6.45) is 1.45. The second kappa shape index (κ2) is 14.1. The molecule has 0 aromatic rings. The fraction of sp³-hybridized carbons (Fsp3) is 0.826. The van der Waals surface area contributed by atoms with Gasteiger partial charge < -0.3 is 26.8 Å². The molecule has 3 amide bonds. The van der Waals surface area contributed by atoms with Crippen LogP contribution in [0.1, 0.15) is 74.7 Å². The van der Waals surface area contributed by atoms with Gasteiger partial charge in [0.05, 0.1) is 6.04 Å². The van der Waals surface area contributed by atoms with Gasteiger partial charge in [0.1, 0.15) is 18.1 Å². The molecule has 0 radical (unpaired) electrons. The normalized spacial score (nSPS) is 16.2. The van der Waals surface area contributed by atoms with E-state index in [9.17, 15) is 24.3 Å². The summed E-state index contributed by atoms with van der Waals surface area (Å²) in [7, 11) is 0. The minimum atomic E-state index is -1.13. The first-order chi connectivity index (χ1) is 14.7. The molecule has 0 saturated carbocycles. The number of carbonyl (C=O) groups is 4. The first-order valence-corrected chi connectivity index (χ1v) is 11.6. The van der Waals surface area contributed by atoms with E-state index in [1.165, 1.54) is 0 Å². The van der Waals surface area contributed by atoms with Crippen molar-refractivity contribution in [2.24, 2.45) is 29.4 Å².